The van der Waals surface area contributed by atoms with Crippen molar-refractivity contribution >= 4 is 16.6 Å². The number of aliphatic hydroxyl groups excluding tert-OH is 2. The summed E-state index contributed by atoms with van der Waals surface area (Å²) in [7, 11) is 1.39. The Morgan fingerprint density at radius 1 is 1.32 bits per heavy atom. The molecule has 4 N–H and O–H groups in total. The molecule has 0 radical (unpaired) electrons. The molecular formula is C21H27FN4O5. The molecule has 10 heteroatoms. The Morgan fingerprint density at radius 2 is 2.03 bits per heavy atom. The summed E-state index contributed by atoms with van der Waals surface area (Å²) in [5.74, 6) is 5.06. The highest BCUT2D eigenvalue weighted by Crippen LogP contribution is 2.52. The smallest absolute Gasteiger partial charge is 0.350 e. The van der Waals surface area contributed by atoms with Gasteiger partial charge in [-0.25, -0.2) is 9.18 Å². The Bertz CT molecular complexity index is 1170. The van der Waals surface area contributed by atoms with Crippen molar-refractivity contribution < 1.29 is 19.3 Å². The molecular weight excluding hydrogens is 407 g/mol. The van der Waals surface area contributed by atoms with E-state index in [-0.39, 0.29) is 40.9 Å². The molecule has 0 spiro atoms. The van der Waals surface area contributed by atoms with Gasteiger partial charge in [-0.1, -0.05) is 0 Å². The van der Waals surface area contributed by atoms with Gasteiger partial charge in [-0.3, -0.25) is 9.36 Å². The summed E-state index contributed by atoms with van der Waals surface area (Å²) >= 11 is 0. The number of methoxy groups -OCH3 is 1. The summed E-state index contributed by atoms with van der Waals surface area (Å²) in [5, 5.41) is 20.4. The Labute approximate surface area is 177 Å². The van der Waals surface area contributed by atoms with Crippen LogP contribution in [0.1, 0.15) is 38.1 Å². The summed E-state index contributed by atoms with van der Waals surface area (Å²) in [4.78, 5) is 27.2. The molecule has 31 heavy (non-hydrogen) atoms. The number of anilines is 1. The molecule has 1 aromatic heterocycles. The van der Waals surface area contributed by atoms with E-state index in [2.05, 4.69) is 0 Å². The van der Waals surface area contributed by atoms with Crippen molar-refractivity contribution in [3.05, 3.63) is 32.7 Å². The van der Waals surface area contributed by atoms with Gasteiger partial charge in [0.05, 0.1) is 25.2 Å². The molecule has 0 bridgehead atoms. The van der Waals surface area contributed by atoms with E-state index in [0.29, 0.717) is 24.2 Å². The predicted octanol–water partition coefficient (Wildman–Crippen LogP) is 0.319. The van der Waals surface area contributed by atoms with E-state index in [9.17, 15) is 19.8 Å². The maximum absolute atomic E-state index is 15.3. The maximum Gasteiger partial charge on any atom is 0.350 e. The Balaban J connectivity index is 1.62. The molecule has 1 saturated heterocycles. The fraction of sp³-hybridized carbons (Fsp3) is 0.619. The van der Waals surface area contributed by atoms with Crippen molar-refractivity contribution in [2.24, 2.45) is 11.3 Å². The van der Waals surface area contributed by atoms with Gasteiger partial charge in [-0.2, -0.15) is 4.68 Å². The molecule has 1 aliphatic heterocycles. The number of fused-ring (bicyclic) bond motifs is 1. The lowest BCUT2D eigenvalue weighted by Gasteiger charge is -2.27. The minimum atomic E-state index is -0.769. The average molecular weight is 434 g/mol. The Hall–Kier alpha value is -2.59. The molecule has 168 valence electrons. The van der Waals surface area contributed by atoms with E-state index in [4.69, 9.17) is 10.6 Å². The normalized spacial score (nSPS) is 23.4. The van der Waals surface area contributed by atoms with E-state index >= 15 is 4.39 Å². The van der Waals surface area contributed by atoms with Crippen LogP contribution >= 0.6 is 0 Å². The van der Waals surface area contributed by atoms with Crippen LogP contribution in [0.15, 0.2) is 15.7 Å². The third kappa shape index (κ3) is 2.95. The van der Waals surface area contributed by atoms with Crippen molar-refractivity contribution in [2.75, 3.05) is 37.5 Å². The highest BCUT2D eigenvalue weighted by atomic mass is 19.1. The topological polar surface area (TPSA) is 123 Å². The monoisotopic (exact) mass is 434 g/mol. The number of ether oxygens (including phenoxy) is 1. The standard InChI is InChI=1S/C21H27FN4O5/c1-31-17-15-13(19(29)26(23)20(30)25(15)12-2-3-12)8-14(22)16(17)24-7-4-11(9-24)18(28)21(10-27)5-6-21/h8,11-12,18,27-28H,2-7,9-10,23H2,1H3. The summed E-state index contributed by atoms with van der Waals surface area (Å²) in [6.07, 6.45) is 3.09. The predicted molar refractivity (Wildman–Crippen MR) is 112 cm³/mol. The second-order valence-electron chi connectivity index (χ2n) is 9.16. The first-order chi connectivity index (χ1) is 14.8. The third-order valence-corrected chi connectivity index (χ3v) is 7.22. The van der Waals surface area contributed by atoms with Gasteiger partial charge < -0.3 is 25.7 Å². The molecule has 1 aromatic carbocycles. The van der Waals surface area contributed by atoms with E-state index < -0.39 is 28.6 Å². The van der Waals surface area contributed by atoms with Crippen LogP contribution in [0.3, 0.4) is 0 Å². The molecule has 2 saturated carbocycles. The summed E-state index contributed by atoms with van der Waals surface area (Å²) < 4.78 is 22.9. The summed E-state index contributed by atoms with van der Waals surface area (Å²) in [6, 6.07) is 1.02. The quantitative estimate of drug-likeness (QED) is 0.560. The largest absolute Gasteiger partial charge is 0.492 e. The molecule has 2 aromatic rings. The van der Waals surface area contributed by atoms with E-state index in [1.807, 2.05) is 0 Å². The lowest BCUT2D eigenvalue weighted by molar-refractivity contribution is 0.0139. The lowest BCUT2D eigenvalue weighted by Crippen LogP contribution is -2.44. The highest BCUT2D eigenvalue weighted by molar-refractivity contribution is 5.91. The lowest BCUT2D eigenvalue weighted by atomic mass is 9.88. The first-order valence-corrected chi connectivity index (χ1v) is 10.7. The van der Waals surface area contributed by atoms with Gasteiger partial charge in [0, 0.05) is 30.5 Å². The van der Waals surface area contributed by atoms with Gasteiger partial charge in [-0.05, 0) is 38.2 Å². The number of nitrogens with two attached hydrogens (primary N) is 1. The second-order valence-corrected chi connectivity index (χ2v) is 9.16. The zero-order chi connectivity index (χ0) is 22.1. The van der Waals surface area contributed by atoms with Crippen LogP contribution in [-0.2, 0) is 0 Å². The fourth-order valence-electron chi connectivity index (χ4n) is 5.05. The van der Waals surface area contributed by atoms with Crippen molar-refractivity contribution in [1.82, 2.24) is 9.24 Å². The van der Waals surface area contributed by atoms with Crippen LogP contribution in [0.2, 0.25) is 0 Å². The molecule has 2 atom stereocenters. The zero-order valence-corrected chi connectivity index (χ0v) is 17.4. The number of halogens is 1. The van der Waals surface area contributed by atoms with Gasteiger partial charge in [0.15, 0.2) is 11.6 Å². The number of aliphatic hydroxyl groups is 2. The van der Waals surface area contributed by atoms with Crippen molar-refractivity contribution in [2.45, 2.75) is 44.2 Å². The summed E-state index contributed by atoms with van der Waals surface area (Å²) in [5.41, 5.74) is -1.42. The molecule has 3 fully saturated rings. The molecule has 3 aliphatic rings. The van der Waals surface area contributed by atoms with Crippen molar-refractivity contribution in [3.63, 3.8) is 0 Å². The number of nitrogens with zero attached hydrogens (tertiary/aromatic N) is 3. The zero-order valence-electron chi connectivity index (χ0n) is 17.4. The summed E-state index contributed by atoms with van der Waals surface area (Å²) in [6.45, 7) is 0.824. The van der Waals surface area contributed by atoms with E-state index in [1.54, 1.807) is 4.90 Å². The maximum atomic E-state index is 15.3. The Morgan fingerprint density at radius 3 is 2.61 bits per heavy atom. The first-order valence-electron chi connectivity index (χ1n) is 10.7. The number of hydrogen-bond donors (Lipinski definition) is 3. The number of benzene rings is 1. The molecule has 5 rings (SSSR count). The van der Waals surface area contributed by atoms with Crippen molar-refractivity contribution in [1.29, 1.82) is 0 Å². The van der Waals surface area contributed by atoms with E-state index in [1.165, 1.54) is 11.7 Å². The average Bonchev–Trinajstić information content (AvgIpc) is 3.69. The molecule has 2 heterocycles. The van der Waals surface area contributed by atoms with Crippen LogP contribution in [0.5, 0.6) is 5.75 Å². The molecule has 2 unspecified atom stereocenters. The number of nitrogen functional groups attached to an aromatic ring is 1. The van der Waals surface area contributed by atoms with Gasteiger partial charge >= 0.3 is 5.69 Å². The number of aromatic nitrogens is 2. The van der Waals surface area contributed by atoms with E-state index in [0.717, 1.165) is 31.7 Å². The molecule has 0 amide bonds. The van der Waals surface area contributed by atoms with Gasteiger partial charge in [0.2, 0.25) is 0 Å². The van der Waals surface area contributed by atoms with Crippen LogP contribution < -0.4 is 26.7 Å². The van der Waals surface area contributed by atoms with Gasteiger partial charge in [0.1, 0.15) is 11.2 Å². The first kappa shape index (κ1) is 20.3. The number of hydrogen-bond acceptors (Lipinski definition) is 7. The second kappa shape index (κ2) is 6.96. The molecule has 2 aliphatic carbocycles. The van der Waals surface area contributed by atoms with Crippen molar-refractivity contribution in [3.8, 4) is 5.75 Å². The minimum Gasteiger partial charge on any atom is -0.492 e. The van der Waals surface area contributed by atoms with Crippen LogP contribution in [0.25, 0.3) is 10.9 Å². The third-order valence-electron chi connectivity index (χ3n) is 7.22. The van der Waals surface area contributed by atoms with Crippen LogP contribution in [-0.4, -0.2) is 52.4 Å². The fourth-order valence-corrected chi connectivity index (χ4v) is 5.05. The Kier molecular flexibility index (Phi) is 4.56. The number of rotatable bonds is 6. The SMILES string of the molecule is COc1c(N2CCC(C(O)C3(CO)CC3)C2)c(F)cc2c(=O)n(N)c(=O)n(C3CC3)c12. The van der Waals surface area contributed by atoms with Crippen LogP contribution in [0, 0.1) is 17.2 Å². The minimum absolute atomic E-state index is 0.0000884. The highest BCUT2D eigenvalue weighted by Gasteiger charge is 2.52. The molecule has 9 nitrogen and oxygen atoms in total. The van der Waals surface area contributed by atoms with Crippen LogP contribution in [0.4, 0.5) is 10.1 Å². The van der Waals surface area contributed by atoms with Gasteiger partial charge in [-0.15, -0.1) is 0 Å². The van der Waals surface area contributed by atoms with Gasteiger partial charge in [0.25, 0.3) is 5.56 Å².